The number of carbonyl (C=O) groups excluding carboxylic acids is 1. The molecule has 2 saturated heterocycles. The molecule has 2 fully saturated rings. The number of rotatable bonds is 6. The Hall–Kier alpha value is -4.44. The van der Waals surface area contributed by atoms with E-state index >= 15 is 4.39 Å². The van der Waals surface area contributed by atoms with Gasteiger partial charge in [0.05, 0.1) is 29.6 Å². The third kappa shape index (κ3) is 5.99. The summed E-state index contributed by atoms with van der Waals surface area (Å²) >= 11 is 0. The lowest BCUT2D eigenvalue weighted by Crippen LogP contribution is -2.52. The first-order chi connectivity index (χ1) is 21.3. The van der Waals surface area contributed by atoms with Crippen LogP contribution in [0.25, 0.3) is 11.3 Å². The van der Waals surface area contributed by atoms with Gasteiger partial charge in [-0.05, 0) is 62.8 Å². The van der Waals surface area contributed by atoms with E-state index in [1.165, 1.54) is 17.3 Å². The first-order valence-electron chi connectivity index (χ1n) is 15.0. The fourth-order valence-electron chi connectivity index (χ4n) is 6.27. The van der Waals surface area contributed by atoms with Crippen molar-refractivity contribution in [3.05, 3.63) is 58.5 Å². The summed E-state index contributed by atoms with van der Waals surface area (Å²) in [5.41, 5.74) is 3.21. The maximum atomic E-state index is 15.2. The van der Waals surface area contributed by atoms with E-state index in [4.69, 9.17) is 9.84 Å². The lowest BCUT2D eigenvalue weighted by Gasteiger charge is -2.37. The number of amides is 2. The normalized spacial score (nSPS) is 19.1. The van der Waals surface area contributed by atoms with Crippen molar-refractivity contribution in [2.24, 2.45) is 11.0 Å². The van der Waals surface area contributed by atoms with Crippen LogP contribution in [0.4, 0.5) is 19.5 Å². The van der Waals surface area contributed by atoms with E-state index in [1.54, 1.807) is 17.2 Å². The number of carbonyl (C=O) groups is 1. The highest BCUT2D eigenvalue weighted by Gasteiger charge is 2.34. The summed E-state index contributed by atoms with van der Waals surface area (Å²) in [6, 6.07) is 5.25. The van der Waals surface area contributed by atoms with Gasteiger partial charge in [0.2, 0.25) is 5.95 Å². The molecule has 0 bridgehead atoms. The number of anilines is 1. The van der Waals surface area contributed by atoms with Crippen molar-refractivity contribution in [1.82, 2.24) is 29.7 Å². The predicted molar refractivity (Wildman–Crippen MR) is 159 cm³/mol. The van der Waals surface area contributed by atoms with E-state index in [0.717, 1.165) is 50.8 Å². The van der Waals surface area contributed by atoms with Gasteiger partial charge in [0.25, 0.3) is 0 Å². The minimum atomic E-state index is -0.529. The largest absolute Gasteiger partial charge is 0.381 e. The van der Waals surface area contributed by atoms with Gasteiger partial charge >= 0.3 is 6.03 Å². The second kappa shape index (κ2) is 12.7. The Balaban J connectivity index is 1.13. The van der Waals surface area contributed by atoms with Crippen molar-refractivity contribution >= 4 is 18.2 Å². The minimum Gasteiger partial charge on any atom is -0.381 e. The van der Waals surface area contributed by atoms with Crippen molar-refractivity contribution in [2.45, 2.75) is 52.1 Å². The Labute approximate surface area is 254 Å². The molecule has 3 aliphatic heterocycles. The number of halogens is 2. The third-order valence-electron chi connectivity index (χ3n) is 8.73. The quantitative estimate of drug-likeness (QED) is 0.405. The molecule has 1 aromatic carbocycles. The zero-order valence-corrected chi connectivity index (χ0v) is 24.9. The molecule has 11 nitrogen and oxygen atoms in total. The van der Waals surface area contributed by atoms with Gasteiger partial charge in [-0.1, -0.05) is 0 Å². The number of ether oxygens (including phenoxy) is 1. The van der Waals surface area contributed by atoms with Crippen LogP contribution in [0.2, 0.25) is 0 Å². The molecule has 2 amide bonds. The average Bonchev–Trinajstić information content (AvgIpc) is 3.64. The van der Waals surface area contributed by atoms with Gasteiger partial charge in [-0.25, -0.2) is 28.6 Å². The number of hydrogen-bond donors (Lipinski definition) is 0. The van der Waals surface area contributed by atoms with Crippen LogP contribution in [-0.4, -0.2) is 81.3 Å². The topological polar surface area (TPSA) is 116 Å². The highest BCUT2D eigenvalue weighted by molar-refractivity contribution is 5.79. The molecule has 0 N–H and O–H groups in total. The number of hydrogen-bond acceptors (Lipinski definition) is 8. The molecule has 0 spiro atoms. The SMILES string of the molecule is Cc1nn(CCC2CCOCC2)c(C)c1-c1nc(N2CCN(C(=O)N3N=CC[C@H]3c3cc(F)cc(C#N)c3)CC2)ncc1F. The monoisotopic (exact) mass is 603 g/mol. The Bertz CT molecular complexity index is 1600. The molecule has 0 unspecified atom stereocenters. The zero-order chi connectivity index (χ0) is 30.8. The van der Waals surface area contributed by atoms with Gasteiger partial charge < -0.3 is 14.5 Å². The zero-order valence-electron chi connectivity index (χ0n) is 24.9. The summed E-state index contributed by atoms with van der Waals surface area (Å²) in [5, 5.41) is 19.6. The Morgan fingerprint density at radius 2 is 1.89 bits per heavy atom. The molecule has 3 aliphatic rings. The van der Waals surface area contributed by atoms with E-state index in [0.29, 0.717) is 61.3 Å². The van der Waals surface area contributed by atoms with Crippen molar-refractivity contribution in [3.63, 3.8) is 0 Å². The first kappa shape index (κ1) is 29.6. The molecular weight excluding hydrogens is 568 g/mol. The second-order valence-corrected chi connectivity index (χ2v) is 11.5. The molecule has 0 saturated carbocycles. The minimum absolute atomic E-state index is 0.194. The fourth-order valence-corrected chi connectivity index (χ4v) is 6.27. The second-order valence-electron chi connectivity index (χ2n) is 11.5. The van der Waals surface area contributed by atoms with E-state index < -0.39 is 17.7 Å². The van der Waals surface area contributed by atoms with Gasteiger partial charge in [0.15, 0.2) is 5.82 Å². The van der Waals surface area contributed by atoms with E-state index in [2.05, 4.69) is 15.1 Å². The van der Waals surface area contributed by atoms with Crippen molar-refractivity contribution in [2.75, 3.05) is 44.3 Å². The van der Waals surface area contributed by atoms with Crippen molar-refractivity contribution < 1.29 is 18.3 Å². The summed E-state index contributed by atoms with van der Waals surface area (Å²) in [4.78, 5) is 26.0. The van der Waals surface area contributed by atoms with E-state index in [-0.39, 0.29) is 17.3 Å². The molecule has 2 aromatic heterocycles. The number of nitriles is 1. The molecule has 230 valence electrons. The van der Waals surface area contributed by atoms with Gasteiger partial charge in [0.1, 0.15) is 11.5 Å². The summed E-state index contributed by atoms with van der Waals surface area (Å²) in [6.45, 7) is 7.83. The van der Waals surface area contributed by atoms with Gasteiger partial charge in [0, 0.05) is 69.8 Å². The highest BCUT2D eigenvalue weighted by atomic mass is 19.1. The van der Waals surface area contributed by atoms with Crippen LogP contribution in [-0.2, 0) is 11.3 Å². The fraction of sp³-hybridized carbons (Fsp3) is 0.484. The third-order valence-corrected chi connectivity index (χ3v) is 8.73. The molecule has 13 heteroatoms. The summed E-state index contributed by atoms with van der Waals surface area (Å²) in [5.74, 6) is -0.0426. The number of aryl methyl sites for hydroxylation is 2. The van der Waals surface area contributed by atoms with Crippen LogP contribution in [0.15, 0.2) is 29.5 Å². The standard InChI is InChI=1S/C31H35F2N9O2/c1-20-28(21(2)41(38-20)8-4-22-5-13-44-14-6-22)29-26(33)19-35-30(37-29)39-9-11-40(12-10-39)31(43)42-27(3-7-36-42)24-15-23(18-34)16-25(32)17-24/h7,15-17,19,22,27H,3-6,8-14H2,1-2H3/t27-/m0/s1. The van der Waals surface area contributed by atoms with Crippen LogP contribution in [0.5, 0.6) is 0 Å². The number of benzene rings is 1. The van der Waals surface area contributed by atoms with Crippen LogP contribution >= 0.6 is 0 Å². The van der Waals surface area contributed by atoms with Gasteiger partial charge in [-0.15, -0.1) is 0 Å². The van der Waals surface area contributed by atoms with E-state index in [1.807, 2.05) is 29.5 Å². The van der Waals surface area contributed by atoms with Gasteiger partial charge in [-0.2, -0.15) is 15.5 Å². The first-order valence-corrected chi connectivity index (χ1v) is 15.0. The number of piperazine rings is 1. The number of hydrazone groups is 1. The number of aromatic nitrogens is 4. The van der Waals surface area contributed by atoms with Crippen LogP contribution in [0, 0.1) is 42.7 Å². The Kier molecular flexibility index (Phi) is 8.52. The van der Waals surface area contributed by atoms with Crippen LogP contribution in [0.1, 0.15) is 54.2 Å². The average molecular weight is 604 g/mol. The smallest absolute Gasteiger partial charge is 0.341 e. The van der Waals surface area contributed by atoms with Crippen LogP contribution in [0.3, 0.4) is 0 Å². The Morgan fingerprint density at radius 1 is 1.11 bits per heavy atom. The molecule has 5 heterocycles. The highest BCUT2D eigenvalue weighted by Crippen LogP contribution is 2.32. The molecular formula is C31H35F2N9O2. The maximum absolute atomic E-state index is 15.2. The van der Waals surface area contributed by atoms with Crippen molar-refractivity contribution in [3.8, 4) is 17.3 Å². The number of nitrogens with zero attached hydrogens (tertiary/aromatic N) is 9. The molecule has 0 aliphatic carbocycles. The lowest BCUT2D eigenvalue weighted by atomic mass is 9.97. The maximum Gasteiger partial charge on any atom is 0.341 e. The molecule has 6 rings (SSSR count). The Morgan fingerprint density at radius 3 is 2.64 bits per heavy atom. The summed E-state index contributed by atoms with van der Waals surface area (Å²) in [7, 11) is 0. The molecule has 0 radical (unpaired) electrons. The molecule has 1 atom stereocenters. The summed E-state index contributed by atoms with van der Waals surface area (Å²) < 4.78 is 36.7. The van der Waals surface area contributed by atoms with Crippen molar-refractivity contribution in [1.29, 1.82) is 5.26 Å². The lowest BCUT2D eigenvalue weighted by molar-refractivity contribution is 0.0622. The van der Waals surface area contributed by atoms with Crippen LogP contribution < -0.4 is 4.90 Å². The van der Waals surface area contributed by atoms with Gasteiger partial charge in [-0.3, -0.25) is 4.68 Å². The molecule has 3 aromatic rings. The van der Waals surface area contributed by atoms with E-state index in [9.17, 15) is 14.4 Å². The predicted octanol–water partition coefficient (Wildman–Crippen LogP) is 4.60. The molecule has 44 heavy (non-hydrogen) atoms. The summed E-state index contributed by atoms with van der Waals surface area (Å²) in [6.07, 6.45) is 6.36. The number of urea groups is 1.